The molecule has 0 aliphatic heterocycles. The predicted octanol–water partition coefficient (Wildman–Crippen LogP) is 1.48. The molecular formula is C11H15NO2. The molecule has 0 amide bonds. The molecule has 0 aliphatic rings. The van der Waals surface area contributed by atoms with E-state index in [2.05, 4.69) is 25.2 Å². The number of rotatable bonds is 4. The van der Waals surface area contributed by atoms with Gasteiger partial charge in [0.2, 0.25) is 0 Å². The summed E-state index contributed by atoms with van der Waals surface area (Å²) in [6, 6.07) is 6.13. The summed E-state index contributed by atoms with van der Waals surface area (Å²) in [5, 5.41) is 11.3. The van der Waals surface area contributed by atoms with Crippen molar-refractivity contribution in [2.75, 3.05) is 6.54 Å². The minimum absolute atomic E-state index is 0.00687. The maximum Gasteiger partial charge on any atom is 0.317 e. The predicted molar refractivity (Wildman–Crippen MR) is 55.3 cm³/mol. The summed E-state index contributed by atoms with van der Waals surface area (Å²) in [6.07, 6.45) is 0. The fourth-order valence-electron chi connectivity index (χ4n) is 1.23. The highest BCUT2D eigenvalue weighted by Crippen LogP contribution is 2.09. The Bertz CT molecular complexity index is 334. The molecule has 0 saturated carbocycles. The molecule has 2 N–H and O–H groups in total. The molecule has 76 valence electrons. The lowest BCUT2D eigenvalue weighted by Gasteiger charge is -2.05. The first-order chi connectivity index (χ1) is 6.59. The van der Waals surface area contributed by atoms with E-state index in [1.54, 1.807) is 0 Å². The van der Waals surface area contributed by atoms with Crippen LogP contribution in [0.5, 0.6) is 0 Å². The van der Waals surface area contributed by atoms with Gasteiger partial charge in [-0.15, -0.1) is 0 Å². The third-order valence-corrected chi connectivity index (χ3v) is 2.18. The zero-order chi connectivity index (χ0) is 10.6. The number of hydrogen-bond donors (Lipinski definition) is 2. The van der Waals surface area contributed by atoms with Crippen LogP contribution in [0.15, 0.2) is 18.2 Å². The highest BCUT2D eigenvalue weighted by atomic mass is 16.4. The van der Waals surface area contributed by atoms with Crippen LogP contribution in [0.3, 0.4) is 0 Å². The second-order valence-corrected chi connectivity index (χ2v) is 3.42. The van der Waals surface area contributed by atoms with Gasteiger partial charge in [0.05, 0.1) is 6.54 Å². The van der Waals surface area contributed by atoms with Crippen LogP contribution in [0.2, 0.25) is 0 Å². The van der Waals surface area contributed by atoms with Crippen molar-refractivity contribution in [3.63, 3.8) is 0 Å². The van der Waals surface area contributed by atoms with Gasteiger partial charge in [0.1, 0.15) is 0 Å². The number of aryl methyl sites for hydroxylation is 2. The van der Waals surface area contributed by atoms with Gasteiger partial charge in [0, 0.05) is 6.54 Å². The van der Waals surface area contributed by atoms with Crippen LogP contribution in [-0.2, 0) is 11.3 Å². The number of nitrogens with one attached hydrogen (secondary N) is 1. The maximum absolute atomic E-state index is 10.2. The molecule has 0 spiro atoms. The first kappa shape index (κ1) is 10.7. The first-order valence-corrected chi connectivity index (χ1v) is 4.58. The average molecular weight is 193 g/mol. The molecule has 14 heavy (non-hydrogen) atoms. The molecule has 0 atom stereocenters. The summed E-state index contributed by atoms with van der Waals surface area (Å²) in [5.41, 5.74) is 3.61. The number of carboxylic acid groups (broad SMARTS) is 1. The molecule has 3 heteroatoms. The van der Waals surface area contributed by atoms with Gasteiger partial charge in [-0.3, -0.25) is 4.79 Å². The summed E-state index contributed by atoms with van der Waals surface area (Å²) < 4.78 is 0. The molecule has 0 unspecified atom stereocenters. The number of aliphatic carboxylic acids is 1. The van der Waals surface area contributed by atoms with Gasteiger partial charge in [-0.2, -0.15) is 0 Å². The minimum atomic E-state index is -0.825. The Morgan fingerprint density at radius 1 is 1.36 bits per heavy atom. The van der Waals surface area contributed by atoms with Crippen molar-refractivity contribution in [2.24, 2.45) is 0 Å². The fourth-order valence-corrected chi connectivity index (χ4v) is 1.23. The van der Waals surface area contributed by atoms with Crippen LogP contribution >= 0.6 is 0 Å². The van der Waals surface area contributed by atoms with E-state index < -0.39 is 5.97 Å². The lowest BCUT2D eigenvalue weighted by atomic mass is 10.1. The number of carbonyl (C=O) groups is 1. The van der Waals surface area contributed by atoms with Gasteiger partial charge in [-0.1, -0.05) is 18.2 Å². The molecule has 0 aliphatic carbocycles. The van der Waals surface area contributed by atoms with Crippen molar-refractivity contribution in [1.29, 1.82) is 0 Å². The van der Waals surface area contributed by atoms with Crippen molar-refractivity contribution in [3.05, 3.63) is 34.9 Å². The van der Waals surface area contributed by atoms with E-state index in [1.807, 2.05) is 12.1 Å². The Balaban J connectivity index is 2.51. The molecule has 0 saturated heterocycles. The zero-order valence-corrected chi connectivity index (χ0v) is 8.50. The standard InChI is InChI=1S/C11H15NO2/c1-8-3-4-10(5-9(8)2)6-12-7-11(13)14/h3-5,12H,6-7H2,1-2H3,(H,13,14). The molecule has 1 aromatic carbocycles. The van der Waals surface area contributed by atoms with Gasteiger partial charge < -0.3 is 10.4 Å². The minimum Gasteiger partial charge on any atom is -0.480 e. The van der Waals surface area contributed by atoms with Crippen molar-refractivity contribution in [1.82, 2.24) is 5.32 Å². The van der Waals surface area contributed by atoms with E-state index in [0.29, 0.717) is 6.54 Å². The molecule has 0 fully saturated rings. The second-order valence-electron chi connectivity index (χ2n) is 3.42. The third-order valence-electron chi connectivity index (χ3n) is 2.18. The van der Waals surface area contributed by atoms with E-state index in [4.69, 9.17) is 5.11 Å². The molecule has 1 aromatic rings. The molecule has 1 rings (SSSR count). The lowest BCUT2D eigenvalue weighted by molar-refractivity contribution is -0.135. The lowest BCUT2D eigenvalue weighted by Crippen LogP contribution is -2.21. The summed E-state index contributed by atoms with van der Waals surface area (Å²) >= 11 is 0. The quantitative estimate of drug-likeness (QED) is 0.761. The Morgan fingerprint density at radius 3 is 2.64 bits per heavy atom. The van der Waals surface area contributed by atoms with Crippen LogP contribution < -0.4 is 5.32 Å². The van der Waals surface area contributed by atoms with E-state index in [1.165, 1.54) is 11.1 Å². The van der Waals surface area contributed by atoms with Gasteiger partial charge in [0.15, 0.2) is 0 Å². The number of carboxylic acids is 1. The Hall–Kier alpha value is -1.35. The summed E-state index contributed by atoms with van der Waals surface area (Å²) in [4.78, 5) is 10.2. The number of benzene rings is 1. The third kappa shape index (κ3) is 3.18. The van der Waals surface area contributed by atoms with Crippen molar-refractivity contribution < 1.29 is 9.90 Å². The summed E-state index contributed by atoms with van der Waals surface area (Å²) in [6.45, 7) is 4.72. The SMILES string of the molecule is Cc1ccc(CNCC(=O)O)cc1C. The smallest absolute Gasteiger partial charge is 0.317 e. The first-order valence-electron chi connectivity index (χ1n) is 4.58. The van der Waals surface area contributed by atoms with E-state index in [9.17, 15) is 4.79 Å². The van der Waals surface area contributed by atoms with E-state index in [0.717, 1.165) is 5.56 Å². The van der Waals surface area contributed by atoms with Crippen LogP contribution in [-0.4, -0.2) is 17.6 Å². The number of hydrogen-bond acceptors (Lipinski definition) is 2. The van der Waals surface area contributed by atoms with Gasteiger partial charge in [-0.25, -0.2) is 0 Å². The zero-order valence-electron chi connectivity index (χ0n) is 8.50. The second kappa shape index (κ2) is 4.77. The van der Waals surface area contributed by atoms with Crippen molar-refractivity contribution >= 4 is 5.97 Å². The summed E-state index contributed by atoms with van der Waals surface area (Å²) in [5.74, 6) is -0.825. The Kier molecular flexibility index (Phi) is 3.65. The molecule has 0 bridgehead atoms. The van der Waals surface area contributed by atoms with Crippen LogP contribution in [0.1, 0.15) is 16.7 Å². The average Bonchev–Trinajstić information content (AvgIpc) is 2.10. The Morgan fingerprint density at radius 2 is 2.07 bits per heavy atom. The Labute approximate surface area is 83.8 Å². The normalized spacial score (nSPS) is 10.1. The molecule has 0 radical (unpaired) electrons. The molecule has 0 heterocycles. The highest BCUT2D eigenvalue weighted by Gasteiger charge is 1.98. The van der Waals surface area contributed by atoms with Crippen molar-refractivity contribution in [3.8, 4) is 0 Å². The van der Waals surface area contributed by atoms with Crippen LogP contribution in [0, 0.1) is 13.8 Å². The molecule has 3 nitrogen and oxygen atoms in total. The van der Waals surface area contributed by atoms with Crippen molar-refractivity contribution in [2.45, 2.75) is 20.4 Å². The molecule has 0 aromatic heterocycles. The van der Waals surface area contributed by atoms with E-state index >= 15 is 0 Å². The van der Waals surface area contributed by atoms with E-state index in [-0.39, 0.29) is 6.54 Å². The monoisotopic (exact) mass is 193 g/mol. The van der Waals surface area contributed by atoms with Gasteiger partial charge in [0.25, 0.3) is 0 Å². The van der Waals surface area contributed by atoms with Crippen LogP contribution in [0.4, 0.5) is 0 Å². The summed E-state index contributed by atoms with van der Waals surface area (Å²) in [7, 11) is 0. The van der Waals surface area contributed by atoms with Gasteiger partial charge in [-0.05, 0) is 30.5 Å². The highest BCUT2D eigenvalue weighted by molar-refractivity contribution is 5.68. The van der Waals surface area contributed by atoms with Gasteiger partial charge >= 0.3 is 5.97 Å². The fraction of sp³-hybridized carbons (Fsp3) is 0.364. The largest absolute Gasteiger partial charge is 0.480 e. The molecular weight excluding hydrogens is 178 g/mol. The maximum atomic E-state index is 10.2. The topological polar surface area (TPSA) is 49.3 Å². The van der Waals surface area contributed by atoms with Crippen LogP contribution in [0.25, 0.3) is 0 Å².